The summed E-state index contributed by atoms with van der Waals surface area (Å²) >= 11 is 0. The highest BCUT2D eigenvalue weighted by atomic mass is 19.4. The number of nitrogens with zero attached hydrogens (tertiary/aromatic N) is 3. The van der Waals surface area contributed by atoms with Gasteiger partial charge in [-0.25, -0.2) is 9.78 Å². The van der Waals surface area contributed by atoms with E-state index in [0.717, 1.165) is 12.1 Å². The number of pyridine rings is 1. The third kappa shape index (κ3) is 3.84. The number of piperazine rings is 1. The lowest BCUT2D eigenvalue weighted by atomic mass is 10.0. The Labute approximate surface area is 142 Å². The molecule has 132 valence electrons. The number of benzene rings is 1. The lowest BCUT2D eigenvalue weighted by Crippen LogP contribution is -2.48. The average molecular weight is 351 g/mol. The van der Waals surface area contributed by atoms with E-state index >= 15 is 0 Å². The van der Waals surface area contributed by atoms with Crippen LogP contribution in [0.15, 0.2) is 42.6 Å². The molecule has 1 fully saturated rings. The van der Waals surface area contributed by atoms with Gasteiger partial charge < -0.3 is 14.9 Å². The molecular formula is C17H16F3N3O2. The molecule has 2 aromatic rings. The molecule has 1 N–H and O–H groups in total. The van der Waals surface area contributed by atoms with Gasteiger partial charge in [0.25, 0.3) is 0 Å². The van der Waals surface area contributed by atoms with E-state index in [1.54, 1.807) is 18.2 Å². The van der Waals surface area contributed by atoms with Crippen LogP contribution in [0.25, 0.3) is 11.1 Å². The number of amides is 1. The van der Waals surface area contributed by atoms with Gasteiger partial charge in [0.2, 0.25) is 0 Å². The molecule has 0 aliphatic carbocycles. The monoisotopic (exact) mass is 351 g/mol. The average Bonchev–Trinajstić information content (AvgIpc) is 2.61. The summed E-state index contributed by atoms with van der Waals surface area (Å²) in [4.78, 5) is 18.5. The van der Waals surface area contributed by atoms with E-state index in [9.17, 15) is 18.0 Å². The Kier molecular flexibility index (Phi) is 4.52. The van der Waals surface area contributed by atoms with Crippen molar-refractivity contribution in [1.82, 2.24) is 9.88 Å². The molecule has 1 saturated heterocycles. The zero-order valence-electron chi connectivity index (χ0n) is 13.2. The molecule has 1 amide bonds. The van der Waals surface area contributed by atoms with Gasteiger partial charge in [-0.2, -0.15) is 13.2 Å². The third-order valence-electron chi connectivity index (χ3n) is 4.15. The maximum Gasteiger partial charge on any atom is 0.416 e. The van der Waals surface area contributed by atoms with Crippen molar-refractivity contribution in [3.63, 3.8) is 0 Å². The Morgan fingerprint density at radius 2 is 1.76 bits per heavy atom. The molecule has 1 aliphatic heterocycles. The van der Waals surface area contributed by atoms with Crippen molar-refractivity contribution in [3.05, 3.63) is 48.2 Å². The molecule has 1 aliphatic rings. The molecule has 5 nitrogen and oxygen atoms in total. The third-order valence-corrected chi connectivity index (χ3v) is 4.15. The molecule has 0 saturated carbocycles. The van der Waals surface area contributed by atoms with Crippen LogP contribution >= 0.6 is 0 Å². The smallest absolute Gasteiger partial charge is 0.416 e. The van der Waals surface area contributed by atoms with Crippen LogP contribution < -0.4 is 4.90 Å². The number of rotatable bonds is 2. The lowest BCUT2D eigenvalue weighted by Gasteiger charge is -2.33. The van der Waals surface area contributed by atoms with E-state index < -0.39 is 17.8 Å². The standard InChI is InChI=1S/C17H16F3N3O2/c18-17(19,20)14-3-1-2-12(10-14)13-4-5-15(21-11-13)22-6-8-23(9-7-22)16(24)25/h1-5,10-11H,6-9H2,(H,24,25). The van der Waals surface area contributed by atoms with Crippen molar-refractivity contribution < 1.29 is 23.1 Å². The molecule has 25 heavy (non-hydrogen) atoms. The van der Waals surface area contributed by atoms with Crippen LogP contribution in [0.5, 0.6) is 0 Å². The first-order chi connectivity index (χ1) is 11.8. The first-order valence-electron chi connectivity index (χ1n) is 7.71. The predicted octanol–water partition coefficient (Wildman–Crippen LogP) is 3.57. The number of carboxylic acid groups (broad SMARTS) is 1. The summed E-state index contributed by atoms with van der Waals surface area (Å²) < 4.78 is 38.4. The lowest BCUT2D eigenvalue weighted by molar-refractivity contribution is -0.137. The molecule has 0 bridgehead atoms. The van der Waals surface area contributed by atoms with Gasteiger partial charge in [-0.15, -0.1) is 0 Å². The van der Waals surface area contributed by atoms with E-state index in [1.807, 2.05) is 4.90 Å². The number of alkyl halides is 3. The number of halogens is 3. The summed E-state index contributed by atoms with van der Waals surface area (Å²) in [5.74, 6) is 0.681. The van der Waals surface area contributed by atoms with E-state index in [1.165, 1.54) is 17.2 Å². The molecule has 0 spiro atoms. The Morgan fingerprint density at radius 3 is 2.32 bits per heavy atom. The summed E-state index contributed by atoms with van der Waals surface area (Å²) in [7, 11) is 0. The molecule has 0 unspecified atom stereocenters. The van der Waals surface area contributed by atoms with Gasteiger partial charge in [0.15, 0.2) is 0 Å². The van der Waals surface area contributed by atoms with Gasteiger partial charge in [0.05, 0.1) is 5.56 Å². The van der Waals surface area contributed by atoms with Crippen LogP contribution in [-0.4, -0.2) is 47.3 Å². The van der Waals surface area contributed by atoms with Crippen molar-refractivity contribution in [2.75, 3.05) is 31.1 Å². The fourth-order valence-corrected chi connectivity index (χ4v) is 2.75. The number of anilines is 1. The van der Waals surface area contributed by atoms with Crippen LogP contribution in [0, 0.1) is 0 Å². The Morgan fingerprint density at radius 1 is 1.04 bits per heavy atom. The second kappa shape index (κ2) is 6.62. The maximum absolute atomic E-state index is 12.8. The van der Waals surface area contributed by atoms with Crippen LogP contribution in [0.4, 0.5) is 23.8 Å². The molecule has 1 aromatic carbocycles. The van der Waals surface area contributed by atoms with Gasteiger partial charge in [0.1, 0.15) is 5.82 Å². The molecular weight excluding hydrogens is 335 g/mol. The van der Waals surface area contributed by atoms with Crippen LogP contribution in [-0.2, 0) is 6.18 Å². The summed E-state index contributed by atoms with van der Waals surface area (Å²) in [6.45, 7) is 1.85. The van der Waals surface area contributed by atoms with Crippen molar-refractivity contribution in [2.45, 2.75) is 6.18 Å². The molecule has 0 radical (unpaired) electrons. The second-order valence-electron chi connectivity index (χ2n) is 5.74. The molecule has 1 aromatic heterocycles. The van der Waals surface area contributed by atoms with E-state index in [2.05, 4.69) is 4.98 Å². The van der Waals surface area contributed by atoms with E-state index in [4.69, 9.17) is 5.11 Å². The highest BCUT2D eigenvalue weighted by Crippen LogP contribution is 2.32. The van der Waals surface area contributed by atoms with Crippen molar-refractivity contribution in [1.29, 1.82) is 0 Å². The Hall–Kier alpha value is -2.77. The normalized spacial score (nSPS) is 15.3. The van der Waals surface area contributed by atoms with Crippen molar-refractivity contribution in [2.24, 2.45) is 0 Å². The molecule has 2 heterocycles. The van der Waals surface area contributed by atoms with Crippen LogP contribution in [0.3, 0.4) is 0 Å². The molecule has 0 atom stereocenters. The Balaban J connectivity index is 1.74. The zero-order valence-corrected chi connectivity index (χ0v) is 13.2. The molecule has 8 heteroatoms. The number of aromatic nitrogens is 1. The minimum atomic E-state index is -4.38. The SMILES string of the molecule is O=C(O)N1CCN(c2ccc(-c3cccc(C(F)(F)F)c3)cn2)CC1. The molecule has 3 rings (SSSR count). The highest BCUT2D eigenvalue weighted by molar-refractivity contribution is 5.66. The van der Waals surface area contributed by atoms with Gasteiger partial charge in [-0.1, -0.05) is 12.1 Å². The minimum absolute atomic E-state index is 0.395. The quantitative estimate of drug-likeness (QED) is 0.899. The van der Waals surface area contributed by atoms with Gasteiger partial charge in [-0.3, -0.25) is 0 Å². The second-order valence-corrected chi connectivity index (χ2v) is 5.74. The number of carbonyl (C=O) groups is 1. The summed E-state index contributed by atoms with van der Waals surface area (Å²) in [6, 6.07) is 8.58. The Bertz CT molecular complexity index is 754. The van der Waals surface area contributed by atoms with Gasteiger partial charge in [-0.05, 0) is 29.8 Å². The maximum atomic E-state index is 12.8. The van der Waals surface area contributed by atoms with Gasteiger partial charge >= 0.3 is 12.3 Å². The summed E-state index contributed by atoms with van der Waals surface area (Å²) in [6.07, 6.45) is -3.78. The van der Waals surface area contributed by atoms with E-state index in [-0.39, 0.29) is 0 Å². The topological polar surface area (TPSA) is 56.7 Å². The zero-order chi connectivity index (χ0) is 18.0. The predicted molar refractivity (Wildman–Crippen MR) is 86.5 cm³/mol. The summed E-state index contributed by atoms with van der Waals surface area (Å²) in [5.41, 5.74) is 0.350. The van der Waals surface area contributed by atoms with Crippen LogP contribution in [0.2, 0.25) is 0 Å². The van der Waals surface area contributed by atoms with Crippen LogP contribution in [0.1, 0.15) is 5.56 Å². The summed E-state index contributed by atoms with van der Waals surface area (Å²) in [5, 5.41) is 8.95. The highest BCUT2D eigenvalue weighted by Gasteiger charge is 2.30. The fraction of sp³-hybridized carbons (Fsp3) is 0.294. The van der Waals surface area contributed by atoms with Crippen molar-refractivity contribution in [3.8, 4) is 11.1 Å². The van der Waals surface area contributed by atoms with Gasteiger partial charge in [0, 0.05) is 37.9 Å². The largest absolute Gasteiger partial charge is 0.465 e. The minimum Gasteiger partial charge on any atom is -0.465 e. The van der Waals surface area contributed by atoms with Crippen molar-refractivity contribution >= 4 is 11.9 Å². The fourth-order valence-electron chi connectivity index (χ4n) is 2.75. The first kappa shape index (κ1) is 17.1. The number of hydrogen-bond acceptors (Lipinski definition) is 3. The number of hydrogen-bond donors (Lipinski definition) is 1. The van der Waals surface area contributed by atoms with E-state index in [0.29, 0.717) is 43.1 Å². The first-order valence-corrected chi connectivity index (χ1v) is 7.71.